The third-order valence-electron chi connectivity index (χ3n) is 2.07. The lowest BCUT2D eigenvalue weighted by Crippen LogP contribution is -2.12. The Kier molecular flexibility index (Phi) is 4.52. The lowest BCUT2D eigenvalue weighted by Gasteiger charge is -1.96. The molecule has 18 heavy (non-hydrogen) atoms. The molecule has 0 aliphatic heterocycles. The zero-order valence-electron chi connectivity index (χ0n) is 9.54. The Morgan fingerprint density at radius 2 is 1.78 bits per heavy atom. The number of allylic oxidation sites excluding steroid dienone is 1. The first-order valence-corrected chi connectivity index (χ1v) is 4.93. The van der Waals surface area contributed by atoms with E-state index in [1.165, 1.54) is 31.4 Å². The summed E-state index contributed by atoms with van der Waals surface area (Å²) in [6.07, 6.45) is 1.73. The van der Waals surface area contributed by atoms with Crippen molar-refractivity contribution in [2.75, 3.05) is 7.11 Å². The molecule has 0 radical (unpaired) electrons. The molecule has 1 aromatic carbocycles. The predicted octanol–water partition coefficient (Wildman–Crippen LogP) is 1.04. The van der Waals surface area contributed by atoms with Gasteiger partial charge in [0.05, 0.1) is 18.7 Å². The van der Waals surface area contributed by atoms with Gasteiger partial charge in [-0.1, -0.05) is 0 Å². The highest BCUT2D eigenvalue weighted by Gasteiger charge is 2.13. The van der Waals surface area contributed by atoms with E-state index in [2.05, 4.69) is 4.74 Å². The van der Waals surface area contributed by atoms with Crippen molar-refractivity contribution in [3.8, 4) is 6.07 Å². The molecule has 90 valence electrons. The minimum atomic E-state index is -0.829. The fraction of sp³-hybridized carbons (Fsp3) is 0.0769. The molecule has 0 N–H and O–H groups in total. The number of hydrogen-bond donors (Lipinski definition) is 0. The number of methoxy groups -OCH3 is 1. The topological polar surface area (TPSA) is 84.2 Å². The molecule has 1 aromatic rings. The zero-order chi connectivity index (χ0) is 13.5. The van der Waals surface area contributed by atoms with Gasteiger partial charge in [0.25, 0.3) is 0 Å². The van der Waals surface area contributed by atoms with Crippen LogP contribution < -0.4 is 0 Å². The second-order valence-electron chi connectivity index (χ2n) is 3.24. The van der Waals surface area contributed by atoms with Gasteiger partial charge in [0.15, 0.2) is 0 Å². The van der Waals surface area contributed by atoms with Crippen LogP contribution in [-0.2, 0) is 14.3 Å². The Morgan fingerprint density at radius 3 is 2.28 bits per heavy atom. The number of esters is 1. The Bertz CT molecular complexity index is 549. The molecule has 0 amide bonds. The number of Topliss-reactive ketones (excluding diaryl/α,β-unsaturated/α-hetero) is 1. The molecule has 0 spiro atoms. The molecule has 0 heterocycles. The lowest BCUT2D eigenvalue weighted by atomic mass is 10.1. The van der Waals surface area contributed by atoms with Crippen molar-refractivity contribution in [2.45, 2.75) is 0 Å². The maximum Gasteiger partial charge on any atom is 0.330 e. The Morgan fingerprint density at radius 1 is 1.17 bits per heavy atom. The second kappa shape index (κ2) is 6.11. The van der Waals surface area contributed by atoms with Gasteiger partial charge >= 0.3 is 5.97 Å². The fourth-order valence-corrected chi connectivity index (χ4v) is 1.13. The normalized spacial score (nSPS) is 9.78. The standard InChI is InChI=1S/C13H9NO4/c1-18-12(16)7-6-11(15)13(17)10-4-2-9(8-14)3-5-10/h2-7H,1H3/b7-6+. The van der Waals surface area contributed by atoms with E-state index in [1.807, 2.05) is 6.07 Å². The van der Waals surface area contributed by atoms with E-state index in [1.54, 1.807) is 0 Å². The van der Waals surface area contributed by atoms with Crippen LogP contribution in [0.1, 0.15) is 15.9 Å². The van der Waals surface area contributed by atoms with E-state index in [0.29, 0.717) is 5.56 Å². The van der Waals surface area contributed by atoms with Crippen molar-refractivity contribution in [2.24, 2.45) is 0 Å². The number of ether oxygens (including phenoxy) is 1. The summed E-state index contributed by atoms with van der Waals surface area (Å²) in [6.45, 7) is 0. The first kappa shape index (κ1) is 13.3. The summed E-state index contributed by atoms with van der Waals surface area (Å²) in [4.78, 5) is 33.8. The maximum absolute atomic E-state index is 11.6. The summed E-state index contributed by atoms with van der Waals surface area (Å²) in [5, 5.41) is 8.58. The van der Waals surface area contributed by atoms with Crippen molar-refractivity contribution < 1.29 is 19.1 Å². The predicted molar refractivity (Wildman–Crippen MR) is 61.7 cm³/mol. The molecule has 5 heteroatoms. The first-order valence-electron chi connectivity index (χ1n) is 4.93. The van der Waals surface area contributed by atoms with E-state index in [0.717, 1.165) is 12.2 Å². The molecule has 0 unspecified atom stereocenters. The zero-order valence-corrected chi connectivity index (χ0v) is 9.54. The summed E-state index contributed by atoms with van der Waals surface area (Å²) < 4.78 is 4.29. The molecular formula is C13H9NO4. The van der Waals surface area contributed by atoms with E-state index < -0.39 is 17.5 Å². The van der Waals surface area contributed by atoms with Crippen molar-refractivity contribution in [1.82, 2.24) is 0 Å². The summed E-state index contributed by atoms with van der Waals surface area (Å²) in [7, 11) is 1.17. The van der Waals surface area contributed by atoms with E-state index in [9.17, 15) is 14.4 Å². The number of carbonyl (C=O) groups is 3. The second-order valence-corrected chi connectivity index (χ2v) is 3.24. The average Bonchev–Trinajstić information content (AvgIpc) is 2.43. The number of nitrogens with zero attached hydrogens (tertiary/aromatic N) is 1. The van der Waals surface area contributed by atoms with Crippen molar-refractivity contribution in [1.29, 1.82) is 5.26 Å². The average molecular weight is 243 g/mol. The van der Waals surface area contributed by atoms with Crippen LogP contribution in [0.4, 0.5) is 0 Å². The Labute approximate surface area is 103 Å². The summed E-state index contributed by atoms with van der Waals surface area (Å²) in [5.74, 6) is -2.29. The van der Waals surface area contributed by atoms with Crippen molar-refractivity contribution in [3.05, 3.63) is 47.5 Å². The number of carbonyl (C=O) groups excluding carboxylic acids is 3. The third kappa shape index (κ3) is 3.39. The number of benzene rings is 1. The van der Waals surface area contributed by atoms with Gasteiger partial charge in [0.1, 0.15) is 0 Å². The maximum atomic E-state index is 11.6. The Balaban J connectivity index is 2.81. The van der Waals surface area contributed by atoms with Crippen LogP contribution in [0.3, 0.4) is 0 Å². The van der Waals surface area contributed by atoms with Crippen LogP contribution in [-0.4, -0.2) is 24.6 Å². The smallest absolute Gasteiger partial charge is 0.330 e. The van der Waals surface area contributed by atoms with Gasteiger partial charge in [-0.25, -0.2) is 4.79 Å². The highest BCUT2D eigenvalue weighted by molar-refractivity contribution is 6.47. The molecule has 0 bridgehead atoms. The van der Waals surface area contributed by atoms with Gasteiger partial charge in [0.2, 0.25) is 11.6 Å². The van der Waals surface area contributed by atoms with Crippen LogP contribution in [0.2, 0.25) is 0 Å². The SMILES string of the molecule is COC(=O)/C=C/C(=O)C(=O)c1ccc(C#N)cc1. The summed E-state index contributed by atoms with van der Waals surface area (Å²) >= 11 is 0. The molecule has 0 saturated carbocycles. The number of hydrogen-bond acceptors (Lipinski definition) is 5. The highest BCUT2D eigenvalue weighted by atomic mass is 16.5. The van der Waals surface area contributed by atoms with Gasteiger partial charge in [-0.05, 0) is 30.3 Å². The molecule has 0 aliphatic carbocycles. The van der Waals surface area contributed by atoms with Gasteiger partial charge in [-0.2, -0.15) is 5.26 Å². The van der Waals surface area contributed by atoms with E-state index >= 15 is 0 Å². The van der Waals surface area contributed by atoms with Crippen LogP contribution in [0.15, 0.2) is 36.4 Å². The van der Waals surface area contributed by atoms with Crippen LogP contribution >= 0.6 is 0 Å². The van der Waals surface area contributed by atoms with Gasteiger partial charge in [-0.3, -0.25) is 9.59 Å². The molecular weight excluding hydrogens is 234 g/mol. The minimum Gasteiger partial charge on any atom is -0.466 e. The minimum absolute atomic E-state index is 0.161. The highest BCUT2D eigenvalue weighted by Crippen LogP contribution is 2.05. The molecule has 0 aliphatic rings. The van der Waals surface area contributed by atoms with Gasteiger partial charge in [-0.15, -0.1) is 0 Å². The van der Waals surface area contributed by atoms with E-state index in [4.69, 9.17) is 5.26 Å². The van der Waals surface area contributed by atoms with Crippen molar-refractivity contribution >= 4 is 17.5 Å². The number of rotatable bonds is 4. The van der Waals surface area contributed by atoms with Crippen LogP contribution in [0.5, 0.6) is 0 Å². The third-order valence-corrected chi connectivity index (χ3v) is 2.07. The molecule has 0 atom stereocenters. The molecule has 0 aromatic heterocycles. The molecule has 1 rings (SSSR count). The lowest BCUT2D eigenvalue weighted by molar-refractivity contribution is -0.135. The largest absolute Gasteiger partial charge is 0.466 e. The summed E-state index contributed by atoms with van der Waals surface area (Å²) in [5.41, 5.74) is 0.553. The fourth-order valence-electron chi connectivity index (χ4n) is 1.13. The molecule has 5 nitrogen and oxygen atoms in total. The molecule has 0 saturated heterocycles. The first-order chi connectivity index (χ1) is 8.58. The number of nitriles is 1. The number of ketones is 2. The van der Waals surface area contributed by atoms with Gasteiger partial charge < -0.3 is 4.74 Å². The van der Waals surface area contributed by atoms with Crippen LogP contribution in [0, 0.1) is 11.3 Å². The van der Waals surface area contributed by atoms with E-state index in [-0.39, 0.29) is 5.56 Å². The van der Waals surface area contributed by atoms with Crippen molar-refractivity contribution in [3.63, 3.8) is 0 Å². The quantitative estimate of drug-likeness (QED) is 0.341. The van der Waals surface area contributed by atoms with Gasteiger partial charge in [0, 0.05) is 11.6 Å². The Hall–Kier alpha value is -2.74. The molecule has 0 fully saturated rings. The summed E-state index contributed by atoms with van der Waals surface area (Å²) in [6, 6.07) is 7.53. The van der Waals surface area contributed by atoms with Crippen LogP contribution in [0.25, 0.3) is 0 Å². The monoisotopic (exact) mass is 243 g/mol.